The molecule has 8 nitrogen and oxygen atoms in total. The van der Waals surface area contributed by atoms with Crippen molar-refractivity contribution < 1.29 is 19.0 Å². The lowest BCUT2D eigenvalue weighted by molar-refractivity contribution is -0.136. The number of hydrogen-bond donors (Lipinski definition) is 1. The number of aromatic nitrogens is 3. The highest BCUT2D eigenvalue weighted by molar-refractivity contribution is 5.92. The molecule has 25 heavy (non-hydrogen) atoms. The minimum atomic E-state index is -0.476. The molecule has 1 aliphatic rings. The molecule has 8 heteroatoms. The second-order valence-corrected chi connectivity index (χ2v) is 5.43. The summed E-state index contributed by atoms with van der Waals surface area (Å²) in [4.78, 5) is 16.6. The number of nitrogens with zero attached hydrogens (tertiary/aromatic N) is 3. The standard InChI is InChI=1S/C17H20N4O4/c1-5-25-12-7-6-11(8-13(12)23-3)15-14(16(22)24-4)10(2)20-17-18-9-19-21(15)17/h6-9,15H,5H2,1-4H3,(H,18,19,20). The number of anilines is 1. The molecule has 0 spiro atoms. The molecule has 0 saturated heterocycles. The van der Waals surface area contributed by atoms with Gasteiger partial charge in [-0.2, -0.15) is 10.1 Å². The number of rotatable bonds is 5. The molecule has 0 aliphatic carbocycles. The second kappa shape index (κ2) is 6.84. The molecule has 0 bridgehead atoms. The molecule has 1 aromatic heterocycles. The van der Waals surface area contributed by atoms with Crippen LogP contribution in [0.2, 0.25) is 0 Å². The van der Waals surface area contributed by atoms with Crippen molar-refractivity contribution in [3.63, 3.8) is 0 Å². The van der Waals surface area contributed by atoms with Crippen molar-refractivity contribution >= 4 is 11.9 Å². The lowest BCUT2D eigenvalue weighted by Crippen LogP contribution is -2.29. The average molecular weight is 344 g/mol. The van der Waals surface area contributed by atoms with E-state index < -0.39 is 12.0 Å². The van der Waals surface area contributed by atoms with Gasteiger partial charge in [-0.1, -0.05) is 6.07 Å². The molecule has 1 unspecified atom stereocenters. The van der Waals surface area contributed by atoms with Crippen LogP contribution in [-0.2, 0) is 9.53 Å². The number of ether oxygens (including phenoxy) is 3. The Balaban J connectivity index is 2.14. The van der Waals surface area contributed by atoms with Crippen LogP contribution in [0.4, 0.5) is 5.95 Å². The van der Waals surface area contributed by atoms with Crippen molar-refractivity contribution in [2.45, 2.75) is 19.9 Å². The Morgan fingerprint density at radius 1 is 1.32 bits per heavy atom. The van der Waals surface area contributed by atoms with Gasteiger partial charge in [-0.3, -0.25) is 0 Å². The zero-order chi connectivity index (χ0) is 18.0. The summed E-state index contributed by atoms with van der Waals surface area (Å²) in [7, 11) is 2.93. The normalized spacial score (nSPS) is 16.1. The number of hydrogen-bond acceptors (Lipinski definition) is 7. The zero-order valence-electron chi connectivity index (χ0n) is 14.6. The van der Waals surface area contributed by atoms with E-state index in [0.717, 1.165) is 5.56 Å². The predicted molar refractivity (Wildman–Crippen MR) is 90.7 cm³/mol. The largest absolute Gasteiger partial charge is 0.493 e. The molecular weight excluding hydrogens is 324 g/mol. The Hall–Kier alpha value is -3.03. The van der Waals surface area contributed by atoms with Gasteiger partial charge in [-0.05, 0) is 31.5 Å². The van der Waals surface area contributed by atoms with Crippen molar-refractivity contribution in [1.29, 1.82) is 0 Å². The fraction of sp³-hybridized carbons (Fsp3) is 0.353. The van der Waals surface area contributed by atoms with Crippen molar-refractivity contribution in [2.24, 2.45) is 0 Å². The summed E-state index contributed by atoms with van der Waals surface area (Å²) >= 11 is 0. The van der Waals surface area contributed by atoms with Gasteiger partial charge in [0.05, 0.1) is 26.4 Å². The summed E-state index contributed by atoms with van der Waals surface area (Å²) in [5, 5.41) is 7.34. The Morgan fingerprint density at radius 2 is 2.12 bits per heavy atom. The summed E-state index contributed by atoms with van der Waals surface area (Å²) < 4.78 is 17.6. The van der Waals surface area contributed by atoms with Crippen LogP contribution in [-0.4, -0.2) is 41.6 Å². The first-order valence-electron chi connectivity index (χ1n) is 7.87. The molecule has 0 amide bonds. The highest BCUT2D eigenvalue weighted by Gasteiger charge is 2.34. The number of carbonyl (C=O) groups is 1. The third-order valence-corrected chi connectivity index (χ3v) is 4.00. The number of benzene rings is 1. The molecule has 0 fully saturated rings. The Kier molecular flexibility index (Phi) is 4.60. The van der Waals surface area contributed by atoms with E-state index in [-0.39, 0.29) is 0 Å². The van der Waals surface area contributed by atoms with Crippen LogP contribution >= 0.6 is 0 Å². The molecule has 1 aromatic carbocycles. The number of carbonyl (C=O) groups excluding carboxylic acids is 1. The second-order valence-electron chi connectivity index (χ2n) is 5.43. The van der Waals surface area contributed by atoms with Gasteiger partial charge in [-0.15, -0.1) is 0 Å². The predicted octanol–water partition coefficient (Wildman–Crippen LogP) is 2.15. The monoisotopic (exact) mass is 344 g/mol. The van der Waals surface area contributed by atoms with E-state index in [2.05, 4.69) is 15.4 Å². The van der Waals surface area contributed by atoms with Crippen LogP contribution in [0, 0.1) is 0 Å². The smallest absolute Gasteiger partial charge is 0.338 e. The van der Waals surface area contributed by atoms with Crippen LogP contribution < -0.4 is 14.8 Å². The van der Waals surface area contributed by atoms with Crippen molar-refractivity contribution in [3.05, 3.63) is 41.4 Å². The molecule has 0 radical (unpaired) electrons. The van der Waals surface area contributed by atoms with E-state index >= 15 is 0 Å². The maximum Gasteiger partial charge on any atom is 0.338 e. The summed E-state index contributed by atoms with van der Waals surface area (Å²) in [6, 6.07) is 5.06. The maximum absolute atomic E-state index is 12.4. The third kappa shape index (κ3) is 2.90. The average Bonchev–Trinajstić information content (AvgIpc) is 3.08. The quantitative estimate of drug-likeness (QED) is 0.832. The van der Waals surface area contributed by atoms with E-state index in [1.807, 2.05) is 32.0 Å². The number of methoxy groups -OCH3 is 2. The van der Waals surface area contributed by atoms with Crippen LogP contribution in [0.15, 0.2) is 35.8 Å². The first-order valence-corrected chi connectivity index (χ1v) is 7.87. The Bertz CT molecular complexity index is 828. The summed E-state index contributed by atoms with van der Waals surface area (Å²) in [6.07, 6.45) is 1.44. The zero-order valence-corrected chi connectivity index (χ0v) is 14.6. The number of allylic oxidation sites excluding steroid dienone is 1. The number of esters is 1. The van der Waals surface area contributed by atoms with Gasteiger partial charge >= 0.3 is 5.97 Å². The minimum absolute atomic E-state index is 0.427. The van der Waals surface area contributed by atoms with Crippen LogP contribution in [0.5, 0.6) is 11.5 Å². The fourth-order valence-corrected chi connectivity index (χ4v) is 2.90. The van der Waals surface area contributed by atoms with Crippen LogP contribution in [0.1, 0.15) is 25.5 Å². The molecule has 132 valence electrons. The molecular formula is C17H20N4O4. The fourth-order valence-electron chi connectivity index (χ4n) is 2.90. The third-order valence-electron chi connectivity index (χ3n) is 4.00. The topological polar surface area (TPSA) is 87.5 Å². The SMILES string of the molecule is CCOc1ccc(C2C(C(=O)OC)=C(C)Nc3ncnn32)cc1OC. The molecule has 0 saturated carbocycles. The summed E-state index contributed by atoms with van der Waals surface area (Å²) in [6.45, 7) is 4.25. The van der Waals surface area contributed by atoms with E-state index in [1.165, 1.54) is 13.4 Å². The van der Waals surface area contributed by atoms with E-state index in [4.69, 9.17) is 14.2 Å². The number of fused-ring (bicyclic) bond motifs is 1. The molecule has 2 heterocycles. The lowest BCUT2D eigenvalue weighted by Gasteiger charge is -2.28. The first-order chi connectivity index (χ1) is 12.1. The van der Waals surface area contributed by atoms with Gasteiger partial charge in [0.25, 0.3) is 0 Å². The minimum Gasteiger partial charge on any atom is -0.493 e. The van der Waals surface area contributed by atoms with Gasteiger partial charge in [-0.25, -0.2) is 9.48 Å². The van der Waals surface area contributed by atoms with Gasteiger partial charge in [0, 0.05) is 5.70 Å². The van der Waals surface area contributed by atoms with E-state index in [0.29, 0.717) is 35.3 Å². The molecule has 2 aromatic rings. The molecule has 1 atom stereocenters. The highest BCUT2D eigenvalue weighted by atomic mass is 16.5. The number of nitrogens with one attached hydrogen (secondary N) is 1. The van der Waals surface area contributed by atoms with Gasteiger partial charge < -0.3 is 19.5 Å². The Labute approximate surface area is 145 Å². The molecule has 3 rings (SSSR count). The van der Waals surface area contributed by atoms with Gasteiger partial charge in [0.1, 0.15) is 12.4 Å². The first kappa shape index (κ1) is 16.8. The highest BCUT2D eigenvalue weighted by Crippen LogP contribution is 2.38. The summed E-state index contributed by atoms with van der Waals surface area (Å²) in [5.41, 5.74) is 1.95. The van der Waals surface area contributed by atoms with Crippen LogP contribution in [0.3, 0.4) is 0 Å². The Morgan fingerprint density at radius 3 is 2.80 bits per heavy atom. The lowest BCUT2D eigenvalue weighted by atomic mass is 9.95. The van der Waals surface area contributed by atoms with Crippen molar-refractivity contribution in [2.75, 3.05) is 26.1 Å². The summed E-state index contributed by atoms with van der Waals surface area (Å²) in [5.74, 6) is 1.36. The van der Waals surface area contributed by atoms with Crippen molar-refractivity contribution in [3.8, 4) is 11.5 Å². The van der Waals surface area contributed by atoms with Gasteiger partial charge in [0.2, 0.25) is 5.95 Å². The van der Waals surface area contributed by atoms with Crippen LogP contribution in [0.25, 0.3) is 0 Å². The van der Waals surface area contributed by atoms with E-state index in [9.17, 15) is 4.79 Å². The maximum atomic E-state index is 12.4. The van der Waals surface area contributed by atoms with E-state index in [1.54, 1.807) is 11.8 Å². The molecule has 1 N–H and O–H groups in total. The van der Waals surface area contributed by atoms with Crippen molar-refractivity contribution in [1.82, 2.24) is 14.8 Å². The molecule has 1 aliphatic heterocycles. The van der Waals surface area contributed by atoms with Gasteiger partial charge in [0.15, 0.2) is 11.5 Å².